The van der Waals surface area contributed by atoms with Crippen LogP contribution in [0.4, 0.5) is 5.69 Å². The first-order valence-electron chi connectivity index (χ1n) is 8.13. The first-order valence-corrected chi connectivity index (χ1v) is 9.61. The van der Waals surface area contributed by atoms with Gasteiger partial charge in [0, 0.05) is 14.1 Å². The molecule has 1 amide bonds. The molecule has 6 heteroatoms. The van der Waals surface area contributed by atoms with Crippen LogP contribution >= 0.6 is 0 Å². The lowest BCUT2D eigenvalue weighted by Crippen LogP contribution is -2.24. The lowest BCUT2D eigenvalue weighted by atomic mass is 10.0. The molecule has 0 aliphatic rings. The number of benzene rings is 2. The van der Waals surface area contributed by atoms with Crippen LogP contribution in [0.1, 0.15) is 29.8 Å². The van der Waals surface area contributed by atoms with Crippen molar-refractivity contribution in [1.29, 1.82) is 0 Å². The molecule has 0 aromatic heterocycles. The predicted molar refractivity (Wildman–Crippen MR) is 100 cm³/mol. The number of anilines is 1. The number of rotatable bonds is 6. The van der Waals surface area contributed by atoms with E-state index in [-0.39, 0.29) is 16.5 Å². The minimum absolute atomic E-state index is 0.173. The van der Waals surface area contributed by atoms with E-state index in [2.05, 4.69) is 18.6 Å². The first-order chi connectivity index (χ1) is 11.7. The van der Waals surface area contributed by atoms with Crippen LogP contribution in [-0.2, 0) is 16.4 Å². The van der Waals surface area contributed by atoms with E-state index in [9.17, 15) is 13.2 Å². The van der Waals surface area contributed by atoms with Gasteiger partial charge < -0.3 is 4.90 Å². The number of hydrogen-bond donors (Lipinski definition) is 1. The molecular formula is C19H24N2O3S. The van der Waals surface area contributed by atoms with E-state index in [0.29, 0.717) is 11.5 Å². The Morgan fingerprint density at radius 3 is 2.20 bits per heavy atom. The van der Waals surface area contributed by atoms with Gasteiger partial charge in [-0.05, 0) is 42.2 Å². The summed E-state index contributed by atoms with van der Waals surface area (Å²) >= 11 is 0. The van der Waals surface area contributed by atoms with Crippen LogP contribution < -0.4 is 4.72 Å². The van der Waals surface area contributed by atoms with E-state index < -0.39 is 10.0 Å². The van der Waals surface area contributed by atoms with Gasteiger partial charge >= 0.3 is 0 Å². The van der Waals surface area contributed by atoms with Gasteiger partial charge in [-0.2, -0.15) is 0 Å². The second kappa shape index (κ2) is 7.70. The van der Waals surface area contributed by atoms with Crippen LogP contribution in [-0.4, -0.2) is 33.3 Å². The number of para-hydroxylation sites is 1. The van der Waals surface area contributed by atoms with Crippen molar-refractivity contribution < 1.29 is 13.2 Å². The van der Waals surface area contributed by atoms with Crippen molar-refractivity contribution in [1.82, 2.24) is 4.90 Å². The van der Waals surface area contributed by atoms with Gasteiger partial charge in [0.25, 0.3) is 15.9 Å². The van der Waals surface area contributed by atoms with Crippen LogP contribution in [0.3, 0.4) is 0 Å². The number of nitrogens with zero attached hydrogens (tertiary/aromatic N) is 1. The highest BCUT2D eigenvalue weighted by Crippen LogP contribution is 2.22. The third-order valence-electron chi connectivity index (χ3n) is 3.69. The maximum absolute atomic E-state index is 12.6. The molecule has 0 spiro atoms. The van der Waals surface area contributed by atoms with Gasteiger partial charge in [-0.15, -0.1) is 0 Å². The lowest BCUT2D eigenvalue weighted by molar-refractivity contribution is 0.0828. The van der Waals surface area contributed by atoms with E-state index in [4.69, 9.17) is 0 Å². The highest BCUT2D eigenvalue weighted by atomic mass is 32.2. The van der Waals surface area contributed by atoms with E-state index in [1.54, 1.807) is 50.5 Å². The number of carbonyl (C=O) groups excluding carboxylic acids is 1. The average Bonchev–Trinajstić information content (AvgIpc) is 2.54. The molecule has 134 valence electrons. The van der Waals surface area contributed by atoms with Crippen molar-refractivity contribution >= 4 is 21.6 Å². The third kappa shape index (κ3) is 4.82. The Hall–Kier alpha value is -2.34. The maximum atomic E-state index is 12.6. The fraction of sp³-hybridized carbons (Fsp3) is 0.316. The van der Waals surface area contributed by atoms with Crippen molar-refractivity contribution in [2.75, 3.05) is 18.8 Å². The van der Waals surface area contributed by atoms with Gasteiger partial charge in [0.05, 0.1) is 16.1 Å². The Kier molecular flexibility index (Phi) is 5.85. The monoisotopic (exact) mass is 360 g/mol. The van der Waals surface area contributed by atoms with Gasteiger partial charge in [-0.3, -0.25) is 9.52 Å². The summed E-state index contributed by atoms with van der Waals surface area (Å²) in [5.41, 5.74) is 1.68. The topological polar surface area (TPSA) is 66.5 Å². The van der Waals surface area contributed by atoms with Gasteiger partial charge in [0.15, 0.2) is 0 Å². The van der Waals surface area contributed by atoms with E-state index in [1.165, 1.54) is 4.90 Å². The summed E-state index contributed by atoms with van der Waals surface area (Å²) in [6.45, 7) is 4.23. The molecule has 0 radical (unpaired) electrons. The molecule has 0 bridgehead atoms. The van der Waals surface area contributed by atoms with Gasteiger partial charge in [0.2, 0.25) is 0 Å². The molecule has 0 fully saturated rings. The fourth-order valence-corrected chi connectivity index (χ4v) is 3.56. The van der Waals surface area contributed by atoms with Crippen LogP contribution in [0.15, 0.2) is 53.4 Å². The van der Waals surface area contributed by atoms with Crippen molar-refractivity contribution in [2.45, 2.75) is 25.2 Å². The highest BCUT2D eigenvalue weighted by molar-refractivity contribution is 7.92. The van der Waals surface area contributed by atoms with Crippen molar-refractivity contribution in [2.24, 2.45) is 5.92 Å². The smallest absolute Gasteiger partial charge is 0.261 e. The van der Waals surface area contributed by atoms with Gasteiger partial charge in [-0.1, -0.05) is 38.1 Å². The summed E-state index contributed by atoms with van der Waals surface area (Å²) in [4.78, 5) is 13.8. The van der Waals surface area contributed by atoms with Crippen molar-refractivity contribution in [3.8, 4) is 0 Å². The predicted octanol–water partition coefficient (Wildman–Crippen LogP) is 3.39. The lowest BCUT2D eigenvalue weighted by Gasteiger charge is -2.15. The van der Waals surface area contributed by atoms with E-state index in [0.717, 1.165) is 12.0 Å². The zero-order chi connectivity index (χ0) is 18.6. The summed E-state index contributed by atoms with van der Waals surface area (Å²) < 4.78 is 27.8. The summed E-state index contributed by atoms with van der Waals surface area (Å²) in [6.07, 6.45) is 0.897. The van der Waals surface area contributed by atoms with Gasteiger partial charge in [-0.25, -0.2) is 8.42 Å². The molecule has 5 nitrogen and oxygen atoms in total. The van der Waals surface area contributed by atoms with Crippen LogP contribution in [0.2, 0.25) is 0 Å². The first kappa shape index (κ1) is 19.0. The molecule has 2 aromatic carbocycles. The molecule has 0 aliphatic heterocycles. The number of amides is 1. The molecule has 0 saturated heterocycles. The molecule has 0 heterocycles. The minimum atomic E-state index is -3.76. The minimum Gasteiger partial charge on any atom is -0.345 e. The molecule has 2 rings (SSSR count). The second-order valence-electron chi connectivity index (χ2n) is 6.59. The molecular weight excluding hydrogens is 336 g/mol. The molecule has 1 N–H and O–H groups in total. The average molecular weight is 360 g/mol. The zero-order valence-corrected chi connectivity index (χ0v) is 15.8. The normalized spacial score (nSPS) is 11.4. The van der Waals surface area contributed by atoms with Gasteiger partial charge in [0.1, 0.15) is 0 Å². The van der Waals surface area contributed by atoms with Crippen molar-refractivity contribution in [3.63, 3.8) is 0 Å². The van der Waals surface area contributed by atoms with E-state index in [1.807, 2.05) is 12.1 Å². The summed E-state index contributed by atoms with van der Waals surface area (Å²) in [7, 11) is -0.509. The van der Waals surface area contributed by atoms with Crippen LogP contribution in [0.5, 0.6) is 0 Å². The SMILES string of the molecule is CC(C)Cc1ccc(S(=O)(=O)Nc2ccccc2C(=O)N(C)C)cc1. The quantitative estimate of drug-likeness (QED) is 0.859. The fourth-order valence-electron chi connectivity index (χ4n) is 2.48. The van der Waals surface area contributed by atoms with Crippen LogP contribution in [0.25, 0.3) is 0 Å². The van der Waals surface area contributed by atoms with E-state index >= 15 is 0 Å². The number of carbonyl (C=O) groups is 1. The Bertz CT molecular complexity index is 841. The molecule has 0 unspecified atom stereocenters. The molecule has 2 aromatic rings. The summed E-state index contributed by atoms with van der Waals surface area (Å²) in [5.74, 6) is 0.245. The molecule has 0 aliphatic carbocycles. The second-order valence-corrected chi connectivity index (χ2v) is 8.27. The number of hydrogen-bond acceptors (Lipinski definition) is 3. The third-order valence-corrected chi connectivity index (χ3v) is 5.07. The highest BCUT2D eigenvalue weighted by Gasteiger charge is 2.19. The molecule has 25 heavy (non-hydrogen) atoms. The maximum Gasteiger partial charge on any atom is 0.261 e. The standard InChI is InChI=1S/C19H24N2O3S/c1-14(2)13-15-9-11-16(12-10-15)25(23,24)20-18-8-6-5-7-17(18)19(22)21(3)4/h5-12,14,20H,13H2,1-4H3. The Morgan fingerprint density at radius 1 is 1.04 bits per heavy atom. The number of sulfonamides is 1. The number of nitrogens with one attached hydrogen (secondary N) is 1. The molecule has 0 atom stereocenters. The summed E-state index contributed by atoms with van der Waals surface area (Å²) in [5, 5.41) is 0. The molecule has 0 saturated carbocycles. The zero-order valence-electron chi connectivity index (χ0n) is 15.0. The summed E-state index contributed by atoms with van der Waals surface area (Å²) in [6, 6.07) is 13.4. The Morgan fingerprint density at radius 2 is 1.64 bits per heavy atom. The Balaban J connectivity index is 2.29. The largest absolute Gasteiger partial charge is 0.345 e. The Labute approximate surface area is 149 Å². The van der Waals surface area contributed by atoms with Crippen molar-refractivity contribution in [3.05, 3.63) is 59.7 Å². The van der Waals surface area contributed by atoms with Crippen LogP contribution in [0, 0.1) is 5.92 Å².